The molecular weight excluding hydrogens is 254 g/mol. The summed E-state index contributed by atoms with van der Waals surface area (Å²) in [7, 11) is 1.61. The molecule has 1 aliphatic rings. The third kappa shape index (κ3) is 3.39. The van der Waals surface area contributed by atoms with Crippen LogP contribution in [0.3, 0.4) is 0 Å². The molecule has 0 aliphatic heterocycles. The van der Waals surface area contributed by atoms with Crippen molar-refractivity contribution in [2.75, 3.05) is 12.4 Å². The molecule has 18 heavy (non-hydrogen) atoms. The summed E-state index contributed by atoms with van der Waals surface area (Å²) in [6.45, 7) is 0.421. The van der Waals surface area contributed by atoms with Gasteiger partial charge < -0.3 is 15.2 Å². The highest BCUT2D eigenvalue weighted by atomic mass is 32.1. The minimum atomic E-state index is -0.674. The van der Waals surface area contributed by atoms with Gasteiger partial charge in [0, 0.05) is 24.7 Å². The molecule has 1 fully saturated rings. The first kappa shape index (κ1) is 13.2. The van der Waals surface area contributed by atoms with Crippen molar-refractivity contribution in [3.63, 3.8) is 0 Å². The minimum absolute atomic E-state index is 0.179. The van der Waals surface area contributed by atoms with Gasteiger partial charge in [-0.1, -0.05) is 0 Å². The van der Waals surface area contributed by atoms with Crippen LogP contribution in [0.5, 0.6) is 0 Å². The molecule has 1 aromatic heterocycles. The van der Waals surface area contributed by atoms with E-state index in [-0.39, 0.29) is 5.92 Å². The summed E-state index contributed by atoms with van der Waals surface area (Å²) in [5, 5.41) is 13.0. The molecule has 100 valence electrons. The molecule has 2 N–H and O–H groups in total. The first-order chi connectivity index (χ1) is 8.69. The number of rotatable bonds is 5. The van der Waals surface area contributed by atoms with E-state index in [1.54, 1.807) is 7.11 Å². The van der Waals surface area contributed by atoms with Crippen molar-refractivity contribution < 1.29 is 14.6 Å². The summed E-state index contributed by atoms with van der Waals surface area (Å²) in [6.07, 6.45) is 3.21. The molecule has 1 heterocycles. The van der Waals surface area contributed by atoms with E-state index < -0.39 is 5.97 Å². The summed E-state index contributed by atoms with van der Waals surface area (Å²) < 4.78 is 9.12. The largest absolute Gasteiger partial charge is 0.481 e. The van der Waals surface area contributed by atoms with Crippen molar-refractivity contribution in [3.05, 3.63) is 5.82 Å². The van der Waals surface area contributed by atoms with Crippen LogP contribution in [0.1, 0.15) is 31.5 Å². The van der Waals surface area contributed by atoms with Gasteiger partial charge in [-0.3, -0.25) is 4.79 Å². The lowest BCUT2D eigenvalue weighted by molar-refractivity contribution is -0.142. The minimum Gasteiger partial charge on any atom is -0.481 e. The van der Waals surface area contributed by atoms with Crippen molar-refractivity contribution >= 4 is 22.6 Å². The topological polar surface area (TPSA) is 84.3 Å². The van der Waals surface area contributed by atoms with Gasteiger partial charge in [0.05, 0.1) is 5.92 Å². The third-order valence-corrected chi connectivity index (χ3v) is 3.83. The Kier molecular flexibility index (Phi) is 4.48. The van der Waals surface area contributed by atoms with E-state index in [0.717, 1.165) is 30.8 Å². The molecule has 0 amide bonds. The van der Waals surface area contributed by atoms with Gasteiger partial charge in [0.2, 0.25) is 5.13 Å². The predicted octanol–water partition coefficient (Wildman–Crippen LogP) is 1.74. The molecule has 0 spiro atoms. The molecule has 0 unspecified atom stereocenters. The fraction of sp³-hybridized carbons (Fsp3) is 0.727. The van der Waals surface area contributed by atoms with E-state index in [2.05, 4.69) is 14.7 Å². The van der Waals surface area contributed by atoms with Crippen LogP contribution in [0.4, 0.5) is 5.13 Å². The van der Waals surface area contributed by atoms with Crippen LogP contribution in [0, 0.1) is 5.92 Å². The molecule has 7 heteroatoms. The van der Waals surface area contributed by atoms with Crippen LogP contribution in [0.2, 0.25) is 0 Å². The van der Waals surface area contributed by atoms with Gasteiger partial charge in [-0.15, -0.1) is 0 Å². The zero-order valence-corrected chi connectivity index (χ0v) is 11.1. The molecule has 1 aliphatic carbocycles. The lowest BCUT2D eigenvalue weighted by atomic mass is 9.86. The van der Waals surface area contributed by atoms with E-state index in [9.17, 15) is 4.79 Å². The standard InChI is InChI=1S/C11H17N3O3S/c1-17-6-9-13-11(18-14-9)12-8-4-2-7(3-5-8)10(15)16/h7-8H,2-6H2,1H3,(H,15,16)(H,12,13,14). The zero-order chi connectivity index (χ0) is 13.0. The Morgan fingerprint density at radius 3 is 2.83 bits per heavy atom. The Hall–Kier alpha value is -1.21. The second-order valence-electron chi connectivity index (χ2n) is 4.48. The van der Waals surface area contributed by atoms with E-state index in [0.29, 0.717) is 18.5 Å². The Bertz CT molecular complexity index is 402. The average Bonchev–Trinajstić information content (AvgIpc) is 2.78. The van der Waals surface area contributed by atoms with Gasteiger partial charge in [-0.2, -0.15) is 4.37 Å². The van der Waals surface area contributed by atoms with Crippen LogP contribution >= 0.6 is 11.5 Å². The maximum atomic E-state index is 10.8. The van der Waals surface area contributed by atoms with Gasteiger partial charge in [0.15, 0.2) is 5.82 Å². The quantitative estimate of drug-likeness (QED) is 0.848. The first-order valence-corrected chi connectivity index (χ1v) is 6.77. The Balaban J connectivity index is 1.81. The lowest BCUT2D eigenvalue weighted by Gasteiger charge is -2.26. The fourth-order valence-corrected chi connectivity index (χ4v) is 2.81. The number of nitrogens with zero attached hydrogens (tertiary/aromatic N) is 2. The Morgan fingerprint density at radius 2 is 2.22 bits per heavy atom. The van der Waals surface area contributed by atoms with Gasteiger partial charge in [0.1, 0.15) is 6.61 Å². The molecule has 1 saturated carbocycles. The maximum absolute atomic E-state index is 10.8. The highest BCUT2D eigenvalue weighted by molar-refractivity contribution is 7.09. The van der Waals surface area contributed by atoms with E-state index >= 15 is 0 Å². The number of methoxy groups -OCH3 is 1. The van der Waals surface area contributed by atoms with Crippen molar-refractivity contribution in [2.24, 2.45) is 5.92 Å². The molecule has 6 nitrogen and oxygen atoms in total. The molecule has 0 bridgehead atoms. The summed E-state index contributed by atoms with van der Waals surface area (Å²) in [4.78, 5) is 15.1. The second-order valence-corrected chi connectivity index (χ2v) is 5.23. The summed E-state index contributed by atoms with van der Waals surface area (Å²) in [5.41, 5.74) is 0. The predicted molar refractivity (Wildman–Crippen MR) is 67.6 cm³/mol. The SMILES string of the molecule is COCc1nsc(NC2CCC(C(=O)O)CC2)n1. The first-order valence-electron chi connectivity index (χ1n) is 6.00. The highest BCUT2D eigenvalue weighted by Crippen LogP contribution is 2.27. The van der Waals surface area contributed by atoms with E-state index in [4.69, 9.17) is 9.84 Å². The summed E-state index contributed by atoms with van der Waals surface area (Å²) in [6, 6.07) is 0.309. The number of anilines is 1. The smallest absolute Gasteiger partial charge is 0.306 e. The number of ether oxygens (including phenoxy) is 1. The van der Waals surface area contributed by atoms with Crippen LogP contribution in [0.15, 0.2) is 0 Å². The second kappa shape index (κ2) is 6.10. The monoisotopic (exact) mass is 271 g/mol. The van der Waals surface area contributed by atoms with Gasteiger partial charge in [-0.05, 0) is 25.7 Å². The van der Waals surface area contributed by atoms with Crippen molar-refractivity contribution in [2.45, 2.75) is 38.3 Å². The Labute approximate surface area is 110 Å². The normalized spacial score (nSPS) is 23.8. The number of carboxylic acid groups (broad SMARTS) is 1. The van der Waals surface area contributed by atoms with Gasteiger partial charge in [-0.25, -0.2) is 4.98 Å². The highest BCUT2D eigenvalue weighted by Gasteiger charge is 2.26. The molecule has 0 saturated heterocycles. The maximum Gasteiger partial charge on any atom is 0.306 e. The van der Waals surface area contributed by atoms with E-state index in [1.807, 2.05) is 0 Å². The van der Waals surface area contributed by atoms with Crippen molar-refractivity contribution in [1.29, 1.82) is 0 Å². The van der Waals surface area contributed by atoms with Gasteiger partial charge >= 0.3 is 5.97 Å². The molecule has 0 aromatic carbocycles. The summed E-state index contributed by atoms with van der Waals surface area (Å²) >= 11 is 1.32. The zero-order valence-electron chi connectivity index (χ0n) is 10.3. The number of hydrogen-bond acceptors (Lipinski definition) is 6. The van der Waals surface area contributed by atoms with Gasteiger partial charge in [0.25, 0.3) is 0 Å². The number of carbonyl (C=O) groups is 1. The van der Waals surface area contributed by atoms with E-state index in [1.165, 1.54) is 11.5 Å². The summed E-state index contributed by atoms with van der Waals surface area (Å²) in [5.74, 6) is -0.169. The fourth-order valence-electron chi connectivity index (χ4n) is 2.16. The number of hydrogen-bond donors (Lipinski definition) is 2. The number of carboxylic acids is 1. The number of aromatic nitrogens is 2. The lowest BCUT2D eigenvalue weighted by Crippen LogP contribution is -2.29. The molecular formula is C11H17N3O3S. The molecule has 2 rings (SSSR count). The number of aliphatic carboxylic acids is 1. The van der Waals surface area contributed by atoms with Crippen LogP contribution in [-0.2, 0) is 16.1 Å². The molecule has 0 radical (unpaired) electrons. The number of nitrogens with one attached hydrogen (secondary N) is 1. The molecule has 0 atom stereocenters. The third-order valence-electron chi connectivity index (χ3n) is 3.15. The van der Waals surface area contributed by atoms with Crippen LogP contribution in [0.25, 0.3) is 0 Å². The Morgan fingerprint density at radius 1 is 1.50 bits per heavy atom. The van der Waals surface area contributed by atoms with Crippen molar-refractivity contribution in [3.8, 4) is 0 Å². The average molecular weight is 271 g/mol. The van der Waals surface area contributed by atoms with Crippen LogP contribution < -0.4 is 5.32 Å². The van der Waals surface area contributed by atoms with Crippen molar-refractivity contribution in [1.82, 2.24) is 9.36 Å². The molecule has 1 aromatic rings. The van der Waals surface area contributed by atoms with Crippen LogP contribution in [-0.4, -0.2) is 33.6 Å².